The van der Waals surface area contributed by atoms with Gasteiger partial charge in [-0.1, -0.05) is 30.7 Å². The lowest BCUT2D eigenvalue weighted by Crippen LogP contribution is -2.46. The lowest BCUT2D eigenvalue weighted by atomic mass is 10.1. The van der Waals surface area contributed by atoms with Crippen molar-refractivity contribution >= 4 is 27.3 Å². The average Bonchev–Trinajstić information content (AvgIpc) is 3.12. The maximum Gasteiger partial charge on any atom is 0.263 e. The summed E-state index contributed by atoms with van der Waals surface area (Å²) in [6, 6.07) is 12.4. The van der Waals surface area contributed by atoms with Gasteiger partial charge in [0, 0.05) is 17.6 Å². The van der Waals surface area contributed by atoms with Crippen LogP contribution >= 0.6 is 11.6 Å². The molecule has 1 fully saturated rings. The largest absolute Gasteiger partial charge is 0.494 e. The zero-order valence-electron chi connectivity index (χ0n) is 18.7. The van der Waals surface area contributed by atoms with Crippen LogP contribution in [0.4, 0.5) is 0 Å². The first kappa shape index (κ1) is 24.4. The van der Waals surface area contributed by atoms with Crippen molar-refractivity contribution in [3.63, 3.8) is 0 Å². The Kier molecular flexibility index (Phi) is 8.06. The minimum absolute atomic E-state index is 0.0246. The Morgan fingerprint density at radius 3 is 2.47 bits per heavy atom. The molecule has 0 spiro atoms. The van der Waals surface area contributed by atoms with Crippen molar-refractivity contribution in [2.45, 2.75) is 52.3 Å². The van der Waals surface area contributed by atoms with Gasteiger partial charge in [0.05, 0.1) is 18.1 Å². The van der Waals surface area contributed by atoms with Crippen LogP contribution in [-0.2, 0) is 21.2 Å². The fourth-order valence-corrected chi connectivity index (χ4v) is 5.54. The molecule has 1 amide bonds. The van der Waals surface area contributed by atoms with Crippen molar-refractivity contribution < 1.29 is 22.7 Å². The fraction of sp³-hybridized carbons (Fsp3) is 0.458. The monoisotopic (exact) mass is 479 g/mol. The summed E-state index contributed by atoms with van der Waals surface area (Å²) < 4.78 is 35.7. The molecular formula is C24H30ClNO5S. The van der Waals surface area contributed by atoms with Crippen LogP contribution in [0.1, 0.15) is 37.8 Å². The number of ether oxygens (including phenoxy) is 2. The molecule has 6 nitrogen and oxygen atoms in total. The van der Waals surface area contributed by atoms with Crippen LogP contribution in [0.25, 0.3) is 0 Å². The number of hydrogen-bond donors (Lipinski definition) is 0. The number of halogens is 1. The lowest BCUT2D eigenvalue weighted by Gasteiger charge is -2.31. The highest BCUT2D eigenvalue weighted by molar-refractivity contribution is 7.91. The van der Waals surface area contributed by atoms with Crippen LogP contribution in [0, 0.1) is 6.92 Å². The summed E-state index contributed by atoms with van der Waals surface area (Å²) in [6.07, 6.45) is 0.579. The molecule has 2 atom stereocenters. The minimum Gasteiger partial charge on any atom is -0.494 e. The summed E-state index contributed by atoms with van der Waals surface area (Å²) in [7, 11) is -3.15. The number of nitrogens with zero attached hydrogens (tertiary/aromatic N) is 1. The molecule has 0 aromatic heterocycles. The Labute approximate surface area is 195 Å². The first-order chi connectivity index (χ1) is 15.2. The van der Waals surface area contributed by atoms with E-state index >= 15 is 0 Å². The second kappa shape index (κ2) is 10.6. The Hall–Kier alpha value is -2.25. The Bertz CT molecular complexity index is 1040. The summed E-state index contributed by atoms with van der Waals surface area (Å²) in [5.74, 6) is 1.14. The standard InChI is InChI=1S/C24H30ClNO5S/c1-4-12-30-21-7-5-19(6-8-21)15-26(20-11-13-32(28,29)16-20)24(27)18(3)31-22-9-10-23(25)17(2)14-22/h5-10,14,18,20H,4,11-13,15-16H2,1-3H3. The van der Waals surface area contributed by atoms with Gasteiger partial charge < -0.3 is 14.4 Å². The van der Waals surface area contributed by atoms with E-state index in [0.29, 0.717) is 30.3 Å². The van der Waals surface area contributed by atoms with Crippen molar-refractivity contribution in [1.29, 1.82) is 0 Å². The molecular weight excluding hydrogens is 450 g/mol. The third kappa shape index (κ3) is 6.39. The summed E-state index contributed by atoms with van der Waals surface area (Å²) in [6.45, 7) is 6.54. The van der Waals surface area contributed by atoms with E-state index in [9.17, 15) is 13.2 Å². The summed E-state index contributed by atoms with van der Waals surface area (Å²) >= 11 is 6.08. The number of sulfone groups is 1. The van der Waals surface area contributed by atoms with Crippen molar-refractivity contribution in [3.8, 4) is 11.5 Å². The van der Waals surface area contributed by atoms with Gasteiger partial charge >= 0.3 is 0 Å². The van der Waals surface area contributed by atoms with Gasteiger partial charge in [0.15, 0.2) is 15.9 Å². The molecule has 0 bridgehead atoms. The molecule has 2 aromatic rings. The Morgan fingerprint density at radius 2 is 1.88 bits per heavy atom. The normalized spacial score (nSPS) is 18.2. The number of aryl methyl sites for hydroxylation is 1. The smallest absolute Gasteiger partial charge is 0.263 e. The maximum absolute atomic E-state index is 13.4. The van der Waals surface area contributed by atoms with Crippen LogP contribution in [0.15, 0.2) is 42.5 Å². The number of carbonyl (C=O) groups excluding carboxylic acids is 1. The zero-order valence-corrected chi connectivity index (χ0v) is 20.3. The molecule has 8 heteroatoms. The van der Waals surface area contributed by atoms with E-state index < -0.39 is 15.9 Å². The predicted molar refractivity (Wildman–Crippen MR) is 126 cm³/mol. The minimum atomic E-state index is -3.15. The Balaban J connectivity index is 1.77. The van der Waals surface area contributed by atoms with Gasteiger partial charge in [-0.05, 0) is 68.1 Å². The van der Waals surface area contributed by atoms with Gasteiger partial charge in [-0.2, -0.15) is 0 Å². The molecule has 1 saturated heterocycles. The SMILES string of the molecule is CCCOc1ccc(CN(C(=O)C(C)Oc2ccc(Cl)c(C)c2)C2CCS(=O)(=O)C2)cc1. The third-order valence-corrected chi connectivity index (χ3v) is 7.65. The van der Waals surface area contributed by atoms with Gasteiger partial charge in [-0.25, -0.2) is 8.42 Å². The molecule has 0 aliphatic carbocycles. The van der Waals surface area contributed by atoms with Crippen LogP contribution in [0.3, 0.4) is 0 Å². The van der Waals surface area contributed by atoms with Gasteiger partial charge in [0.25, 0.3) is 5.91 Å². The van der Waals surface area contributed by atoms with Crippen molar-refractivity contribution in [2.75, 3.05) is 18.1 Å². The fourth-order valence-electron chi connectivity index (χ4n) is 3.69. The topological polar surface area (TPSA) is 72.9 Å². The number of amides is 1. The third-order valence-electron chi connectivity index (χ3n) is 5.47. The van der Waals surface area contributed by atoms with Crippen molar-refractivity contribution in [3.05, 3.63) is 58.6 Å². The van der Waals surface area contributed by atoms with Crippen molar-refractivity contribution in [2.24, 2.45) is 0 Å². The molecule has 32 heavy (non-hydrogen) atoms. The van der Waals surface area contributed by atoms with E-state index in [2.05, 4.69) is 0 Å². The van der Waals surface area contributed by atoms with Crippen LogP contribution < -0.4 is 9.47 Å². The second-order valence-corrected chi connectivity index (χ2v) is 10.8. The zero-order chi connectivity index (χ0) is 23.3. The highest BCUT2D eigenvalue weighted by atomic mass is 35.5. The van der Waals surface area contributed by atoms with E-state index in [0.717, 1.165) is 23.3 Å². The van der Waals surface area contributed by atoms with Gasteiger partial charge in [0.1, 0.15) is 11.5 Å². The molecule has 2 aromatic carbocycles. The van der Waals surface area contributed by atoms with Crippen LogP contribution in [0.2, 0.25) is 5.02 Å². The Morgan fingerprint density at radius 1 is 1.19 bits per heavy atom. The molecule has 2 unspecified atom stereocenters. The van der Waals surface area contributed by atoms with E-state index in [1.165, 1.54) is 0 Å². The lowest BCUT2D eigenvalue weighted by molar-refractivity contribution is -0.140. The number of hydrogen-bond acceptors (Lipinski definition) is 5. The number of carbonyl (C=O) groups is 1. The number of benzene rings is 2. The number of rotatable bonds is 9. The molecule has 0 N–H and O–H groups in total. The molecule has 1 aliphatic heterocycles. The highest BCUT2D eigenvalue weighted by Gasteiger charge is 2.36. The van der Waals surface area contributed by atoms with Gasteiger partial charge in [0.2, 0.25) is 0 Å². The molecule has 3 rings (SSSR count). The highest BCUT2D eigenvalue weighted by Crippen LogP contribution is 2.25. The molecule has 0 saturated carbocycles. The molecule has 1 aliphatic rings. The van der Waals surface area contributed by atoms with Crippen LogP contribution in [0.5, 0.6) is 11.5 Å². The van der Waals surface area contributed by atoms with Crippen LogP contribution in [-0.4, -0.2) is 49.5 Å². The first-order valence-corrected chi connectivity index (χ1v) is 13.0. The van der Waals surface area contributed by atoms with E-state index in [4.69, 9.17) is 21.1 Å². The predicted octanol–water partition coefficient (Wildman–Crippen LogP) is 4.42. The quantitative estimate of drug-likeness (QED) is 0.532. The molecule has 174 valence electrons. The summed E-state index contributed by atoms with van der Waals surface area (Å²) in [5.41, 5.74) is 1.76. The van der Waals surface area contributed by atoms with Gasteiger partial charge in [-0.3, -0.25) is 4.79 Å². The van der Waals surface area contributed by atoms with Gasteiger partial charge in [-0.15, -0.1) is 0 Å². The molecule has 0 radical (unpaired) electrons. The van der Waals surface area contributed by atoms with Crippen molar-refractivity contribution in [1.82, 2.24) is 4.90 Å². The molecule has 1 heterocycles. The second-order valence-electron chi connectivity index (χ2n) is 8.19. The van der Waals surface area contributed by atoms with E-state index in [1.807, 2.05) is 38.1 Å². The van der Waals surface area contributed by atoms with E-state index in [1.54, 1.807) is 30.0 Å². The maximum atomic E-state index is 13.4. The average molecular weight is 480 g/mol. The summed E-state index contributed by atoms with van der Waals surface area (Å²) in [5, 5.41) is 0.625. The van der Waals surface area contributed by atoms with E-state index in [-0.39, 0.29) is 23.5 Å². The summed E-state index contributed by atoms with van der Waals surface area (Å²) in [4.78, 5) is 15.0. The first-order valence-electron chi connectivity index (χ1n) is 10.8.